The standard InChI is InChI=1S/C16H20N4O/c1-2-17-16(21)12-19-10-13-6-3-4-7-14(13)15(11-19)20-9-5-8-18-20/h3-9,15H,2,10-12H2,1H3,(H,17,21)/t15-/m1/s1. The van der Waals surface area contributed by atoms with E-state index in [0.29, 0.717) is 13.1 Å². The summed E-state index contributed by atoms with van der Waals surface area (Å²) in [7, 11) is 0. The molecule has 1 aliphatic heterocycles. The van der Waals surface area contributed by atoms with Crippen LogP contribution in [0.4, 0.5) is 0 Å². The van der Waals surface area contributed by atoms with Crippen molar-refractivity contribution in [2.75, 3.05) is 19.6 Å². The molecule has 5 heteroatoms. The molecule has 0 aliphatic carbocycles. The van der Waals surface area contributed by atoms with Crippen LogP contribution in [0.1, 0.15) is 24.1 Å². The maximum Gasteiger partial charge on any atom is 0.234 e. The molecular weight excluding hydrogens is 264 g/mol. The van der Waals surface area contributed by atoms with Crippen molar-refractivity contribution in [1.82, 2.24) is 20.0 Å². The third kappa shape index (κ3) is 2.97. The van der Waals surface area contributed by atoms with Gasteiger partial charge in [0.1, 0.15) is 0 Å². The molecule has 0 spiro atoms. The first-order chi connectivity index (χ1) is 10.3. The Bertz CT molecular complexity index is 608. The average molecular weight is 284 g/mol. The lowest BCUT2D eigenvalue weighted by atomic mass is 9.95. The monoisotopic (exact) mass is 284 g/mol. The van der Waals surface area contributed by atoms with Crippen LogP contribution in [0, 0.1) is 0 Å². The highest BCUT2D eigenvalue weighted by molar-refractivity contribution is 5.78. The number of hydrogen-bond donors (Lipinski definition) is 1. The summed E-state index contributed by atoms with van der Waals surface area (Å²) in [6.07, 6.45) is 3.78. The Kier molecular flexibility index (Phi) is 4.01. The maximum absolute atomic E-state index is 11.8. The predicted octanol–water partition coefficient (Wildman–Crippen LogP) is 1.42. The molecule has 1 aromatic heterocycles. The molecule has 3 rings (SSSR count). The zero-order valence-electron chi connectivity index (χ0n) is 12.2. The number of hydrogen-bond acceptors (Lipinski definition) is 3. The molecule has 21 heavy (non-hydrogen) atoms. The summed E-state index contributed by atoms with van der Waals surface area (Å²) in [6, 6.07) is 10.5. The van der Waals surface area contributed by atoms with Gasteiger partial charge in [-0.1, -0.05) is 24.3 Å². The second kappa shape index (κ2) is 6.10. The molecule has 0 saturated carbocycles. The number of fused-ring (bicyclic) bond motifs is 1. The zero-order valence-corrected chi connectivity index (χ0v) is 12.2. The number of aromatic nitrogens is 2. The molecule has 1 aromatic carbocycles. The third-order valence-corrected chi connectivity index (χ3v) is 3.82. The lowest BCUT2D eigenvalue weighted by molar-refractivity contribution is -0.122. The van der Waals surface area contributed by atoms with Gasteiger partial charge in [-0.2, -0.15) is 5.10 Å². The maximum atomic E-state index is 11.8. The quantitative estimate of drug-likeness (QED) is 0.924. The molecule has 0 saturated heterocycles. The molecule has 2 heterocycles. The highest BCUT2D eigenvalue weighted by atomic mass is 16.2. The minimum absolute atomic E-state index is 0.0797. The van der Waals surface area contributed by atoms with Gasteiger partial charge >= 0.3 is 0 Å². The fraction of sp³-hybridized carbons (Fsp3) is 0.375. The summed E-state index contributed by atoms with van der Waals surface area (Å²) in [5, 5.41) is 7.24. The van der Waals surface area contributed by atoms with Crippen LogP contribution in [-0.4, -0.2) is 40.2 Å². The largest absolute Gasteiger partial charge is 0.355 e. The number of amides is 1. The van der Waals surface area contributed by atoms with Crippen LogP contribution in [0.3, 0.4) is 0 Å². The lowest BCUT2D eigenvalue weighted by Crippen LogP contribution is -2.42. The van der Waals surface area contributed by atoms with Crippen LogP contribution in [0.15, 0.2) is 42.7 Å². The summed E-state index contributed by atoms with van der Waals surface area (Å²) in [5.41, 5.74) is 2.57. The Morgan fingerprint density at radius 2 is 2.24 bits per heavy atom. The molecule has 1 aliphatic rings. The van der Waals surface area contributed by atoms with Crippen molar-refractivity contribution in [3.05, 3.63) is 53.9 Å². The van der Waals surface area contributed by atoms with Gasteiger partial charge in [-0.3, -0.25) is 14.4 Å². The van der Waals surface area contributed by atoms with Crippen LogP contribution < -0.4 is 5.32 Å². The van der Waals surface area contributed by atoms with Crippen LogP contribution in [-0.2, 0) is 11.3 Å². The van der Waals surface area contributed by atoms with E-state index in [1.165, 1.54) is 11.1 Å². The van der Waals surface area contributed by atoms with Gasteiger partial charge in [0.2, 0.25) is 5.91 Å². The van der Waals surface area contributed by atoms with Crippen molar-refractivity contribution in [2.45, 2.75) is 19.5 Å². The summed E-state index contributed by atoms with van der Waals surface area (Å²) in [4.78, 5) is 14.0. The Labute approximate surface area is 124 Å². The first-order valence-electron chi connectivity index (χ1n) is 7.34. The summed E-state index contributed by atoms with van der Waals surface area (Å²) < 4.78 is 1.97. The number of rotatable bonds is 4. The highest BCUT2D eigenvalue weighted by Crippen LogP contribution is 2.28. The van der Waals surface area contributed by atoms with Gasteiger partial charge in [-0.25, -0.2) is 0 Å². The van der Waals surface area contributed by atoms with Gasteiger partial charge in [0.25, 0.3) is 0 Å². The molecule has 1 N–H and O–H groups in total. The first-order valence-corrected chi connectivity index (χ1v) is 7.34. The third-order valence-electron chi connectivity index (χ3n) is 3.82. The highest BCUT2D eigenvalue weighted by Gasteiger charge is 2.27. The molecule has 2 aromatic rings. The number of carbonyl (C=O) groups excluding carboxylic acids is 1. The van der Waals surface area contributed by atoms with Crippen molar-refractivity contribution in [2.24, 2.45) is 0 Å². The van der Waals surface area contributed by atoms with E-state index in [1.54, 1.807) is 6.20 Å². The van der Waals surface area contributed by atoms with Crippen LogP contribution >= 0.6 is 0 Å². The number of carbonyl (C=O) groups is 1. The smallest absolute Gasteiger partial charge is 0.234 e. The van der Waals surface area contributed by atoms with Crippen LogP contribution in [0.5, 0.6) is 0 Å². The lowest BCUT2D eigenvalue weighted by Gasteiger charge is -2.34. The fourth-order valence-electron chi connectivity index (χ4n) is 2.92. The topological polar surface area (TPSA) is 50.2 Å². The summed E-state index contributed by atoms with van der Waals surface area (Å²) in [5.74, 6) is 0.0797. The molecule has 110 valence electrons. The molecule has 0 radical (unpaired) electrons. The molecule has 1 atom stereocenters. The van der Waals surface area contributed by atoms with E-state index in [2.05, 4.69) is 39.6 Å². The fourth-order valence-corrected chi connectivity index (χ4v) is 2.92. The van der Waals surface area contributed by atoms with E-state index in [4.69, 9.17) is 0 Å². The van der Waals surface area contributed by atoms with Gasteiger partial charge in [-0.05, 0) is 24.1 Å². The van der Waals surface area contributed by atoms with E-state index in [1.807, 2.05) is 23.9 Å². The molecule has 1 amide bonds. The van der Waals surface area contributed by atoms with Crippen LogP contribution in [0.25, 0.3) is 0 Å². The molecule has 0 unspecified atom stereocenters. The molecule has 0 bridgehead atoms. The van der Waals surface area contributed by atoms with E-state index in [0.717, 1.165) is 13.1 Å². The van der Waals surface area contributed by atoms with Gasteiger partial charge in [0.05, 0.1) is 12.6 Å². The van der Waals surface area contributed by atoms with Crippen molar-refractivity contribution in [3.63, 3.8) is 0 Å². The minimum atomic E-state index is 0.0797. The number of likely N-dealkylation sites (N-methyl/N-ethyl adjacent to an activating group) is 1. The predicted molar refractivity (Wildman–Crippen MR) is 80.8 cm³/mol. The SMILES string of the molecule is CCNC(=O)CN1Cc2ccccc2[C@H](n2cccn2)C1. The number of benzene rings is 1. The normalized spacial score (nSPS) is 18.2. The van der Waals surface area contributed by atoms with Gasteiger partial charge in [-0.15, -0.1) is 0 Å². The van der Waals surface area contributed by atoms with Gasteiger partial charge in [0, 0.05) is 32.0 Å². The first kappa shape index (κ1) is 13.8. The molecule has 5 nitrogen and oxygen atoms in total. The van der Waals surface area contributed by atoms with E-state index >= 15 is 0 Å². The van der Waals surface area contributed by atoms with Gasteiger partial charge in [0.15, 0.2) is 0 Å². The second-order valence-electron chi connectivity index (χ2n) is 5.32. The molecule has 0 fully saturated rings. The van der Waals surface area contributed by atoms with Crippen molar-refractivity contribution in [3.8, 4) is 0 Å². The minimum Gasteiger partial charge on any atom is -0.355 e. The second-order valence-corrected chi connectivity index (χ2v) is 5.32. The van der Waals surface area contributed by atoms with Crippen LogP contribution in [0.2, 0.25) is 0 Å². The van der Waals surface area contributed by atoms with Crippen molar-refractivity contribution < 1.29 is 4.79 Å². The Balaban J connectivity index is 1.85. The number of nitrogens with zero attached hydrogens (tertiary/aromatic N) is 3. The Morgan fingerprint density at radius 3 is 3.00 bits per heavy atom. The van der Waals surface area contributed by atoms with Crippen molar-refractivity contribution in [1.29, 1.82) is 0 Å². The number of nitrogens with one attached hydrogen (secondary N) is 1. The average Bonchev–Trinajstić information content (AvgIpc) is 3.00. The molecular formula is C16H20N4O. The van der Waals surface area contributed by atoms with E-state index in [9.17, 15) is 4.79 Å². The van der Waals surface area contributed by atoms with E-state index < -0.39 is 0 Å². The Hall–Kier alpha value is -2.14. The summed E-state index contributed by atoms with van der Waals surface area (Å²) >= 11 is 0. The van der Waals surface area contributed by atoms with Crippen molar-refractivity contribution >= 4 is 5.91 Å². The van der Waals surface area contributed by atoms with E-state index in [-0.39, 0.29) is 11.9 Å². The Morgan fingerprint density at radius 1 is 1.38 bits per heavy atom. The van der Waals surface area contributed by atoms with Gasteiger partial charge < -0.3 is 5.32 Å². The zero-order chi connectivity index (χ0) is 14.7. The summed E-state index contributed by atoms with van der Waals surface area (Å²) in [6.45, 7) is 4.66.